The Bertz CT molecular complexity index is 978. The van der Waals surface area contributed by atoms with E-state index in [4.69, 9.17) is 14.6 Å². The summed E-state index contributed by atoms with van der Waals surface area (Å²) in [6.45, 7) is 1.73. The smallest absolute Gasteiger partial charge is 0.335 e. The molecule has 0 aromatic heterocycles. The third-order valence-electron chi connectivity index (χ3n) is 4.12. The van der Waals surface area contributed by atoms with E-state index in [9.17, 15) is 9.59 Å². The molecule has 1 N–H and O–H groups in total. The lowest BCUT2D eigenvalue weighted by Crippen LogP contribution is -2.21. The van der Waals surface area contributed by atoms with Crippen molar-refractivity contribution in [2.24, 2.45) is 5.10 Å². The predicted molar refractivity (Wildman–Crippen MR) is 102 cm³/mol. The van der Waals surface area contributed by atoms with Crippen molar-refractivity contribution >= 4 is 29.4 Å². The van der Waals surface area contributed by atoms with Crippen LogP contribution in [-0.4, -0.2) is 36.9 Å². The molecule has 0 saturated carbocycles. The number of ether oxygens (including phenoxy) is 2. The van der Waals surface area contributed by atoms with Gasteiger partial charge in [0.2, 0.25) is 0 Å². The Morgan fingerprint density at radius 1 is 1.11 bits per heavy atom. The molecule has 1 aliphatic rings. The molecule has 0 unspecified atom stereocenters. The molecule has 0 radical (unpaired) electrons. The monoisotopic (exact) mass is 366 g/mol. The van der Waals surface area contributed by atoms with E-state index < -0.39 is 5.97 Å². The van der Waals surface area contributed by atoms with Crippen LogP contribution < -0.4 is 14.5 Å². The number of amides is 1. The van der Waals surface area contributed by atoms with Crippen LogP contribution in [0.1, 0.15) is 22.8 Å². The summed E-state index contributed by atoms with van der Waals surface area (Å²) >= 11 is 0. The number of nitrogens with zero attached hydrogens (tertiary/aromatic N) is 2. The zero-order valence-electron chi connectivity index (χ0n) is 15.1. The van der Waals surface area contributed by atoms with E-state index in [0.717, 1.165) is 5.56 Å². The van der Waals surface area contributed by atoms with Gasteiger partial charge in [-0.1, -0.05) is 12.1 Å². The van der Waals surface area contributed by atoms with Gasteiger partial charge in [0.1, 0.15) is 0 Å². The molecule has 1 heterocycles. The zero-order valence-corrected chi connectivity index (χ0v) is 15.1. The van der Waals surface area contributed by atoms with Crippen molar-refractivity contribution in [2.75, 3.05) is 19.2 Å². The SMILES string of the molecule is COc1ccc(/C=C2/C(=O)N(c3cccc(C(=O)O)c3)N=C2C)cc1OC. The van der Waals surface area contributed by atoms with E-state index in [1.54, 1.807) is 51.5 Å². The number of benzene rings is 2. The highest BCUT2D eigenvalue weighted by Gasteiger charge is 2.29. The van der Waals surface area contributed by atoms with Crippen LogP contribution in [0.15, 0.2) is 53.1 Å². The molecule has 0 aliphatic carbocycles. The Morgan fingerprint density at radius 3 is 2.52 bits per heavy atom. The van der Waals surface area contributed by atoms with Crippen LogP contribution in [0.5, 0.6) is 11.5 Å². The van der Waals surface area contributed by atoms with Crippen molar-refractivity contribution in [3.8, 4) is 11.5 Å². The summed E-state index contributed by atoms with van der Waals surface area (Å²) in [6.07, 6.45) is 1.71. The number of hydrogen-bond acceptors (Lipinski definition) is 5. The fourth-order valence-electron chi connectivity index (χ4n) is 2.74. The van der Waals surface area contributed by atoms with Gasteiger partial charge in [0.25, 0.3) is 5.91 Å². The first-order chi connectivity index (χ1) is 12.9. The minimum atomic E-state index is -1.06. The molecule has 2 aromatic carbocycles. The van der Waals surface area contributed by atoms with Gasteiger partial charge in [-0.15, -0.1) is 0 Å². The van der Waals surface area contributed by atoms with Gasteiger partial charge in [-0.05, 0) is 48.9 Å². The summed E-state index contributed by atoms with van der Waals surface area (Å²) in [4.78, 5) is 24.0. The van der Waals surface area contributed by atoms with Crippen molar-refractivity contribution in [3.05, 3.63) is 59.2 Å². The summed E-state index contributed by atoms with van der Waals surface area (Å²) in [5, 5.41) is 14.6. The number of anilines is 1. The van der Waals surface area contributed by atoms with Gasteiger partial charge in [0.05, 0.1) is 36.8 Å². The third kappa shape index (κ3) is 3.52. The van der Waals surface area contributed by atoms with Crippen LogP contribution in [0.2, 0.25) is 0 Å². The maximum atomic E-state index is 12.8. The fourth-order valence-corrected chi connectivity index (χ4v) is 2.74. The van der Waals surface area contributed by atoms with Crippen molar-refractivity contribution in [2.45, 2.75) is 6.92 Å². The average molecular weight is 366 g/mol. The van der Waals surface area contributed by atoms with Crippen molar-refractivity contribution < 1.29 is 24.2 Å². The molecule has 27 heavy (non-hydrogen) atoms. The molecule has 0 atom stereocenters. The first-order valence-corrected chi connectivity index (χ1v) is 8.11. The number of carbonyl (C=O) groups excluding carboxylic acids is 1. The highest BCUT2D eigenvalue weighted by Crippen LogP contribution is 2.30. The van der Waals surface area contributed by atoms with Crippen LogP contribution in [0, 0.1) is 0 Å². The minimum Gasteiger partial charge on any atom is -0.493 e. The number of methoxy groups -OCH3 is 2. The van der Waals surface area contributed by atoms with E-state index in [0.29, 0.717) is 28.5 Å². The zero-order chi connectivity index (χ0) is 19.6. The van der Waals surface area contributed by atoms with Crippen LogP contribution >= 0.6 is 0 Å². The van der Waals surface area contributed by atoms with Gasteiger partial charge in [-0.2, -0.15) is 10.1 Å². The third-order valence-corrected chi connectivity index (χ3v) is 4.12. The Hall–Kier alpha value is -3.61. The Labute approximate surface area is 156 Å². The number of hydrazone groups is 1. The maximum absolute atomic E-state index is 12.8. The lowest BCUT2D eigenvalue weighted by atomic mass is 10.1. The Morgan fingerprint density at radius 2 is 1.85 bits per heavy atom. The molecule has 0 bridgehead atoms. The largest absolute Gasteiger partial charge is 0.493 e. The van der Waals surface area contributed by atoms with E-state index in [-0.39, 0.29) is 11.5 Å². The van der Waals surface area contributed by atoms with Gasteiger partial charge in [0.15, 0.2) is 11.5 Å². The Balaban J connectivity index is 1.95. The van der Waals surface area contributed by atoms with Crippen LogP contribution in [-0.2, 0) is 4.79 Å². The van der Waals surface area contributed by atoms with Crippen LogP contribution in [0.4, 0.5) is 5.69 Å². The second-order valence-electron chi connectivity index (χ2n) is 5.83. The highest BCUT2D eigenvalue weighted by atomic mass is 16.5. The number of aromatic carboxylic acids is 1. The molecule has 1 amide bonds. The van der Waals surface area contributed by atoms with Crippen molar-refractivity contribution in [1.82, 2.24) is 0 Å². The van der Waals surface area contributed by atoms with Crippen LogP contribution in [0.25, 0.3) is 6.08 Å². The summed E-state index contributed by atoms with van der Waals surface area (Å²) < 4.78 is 10.5. The molecule has 7 heteroatoms. The number of carbonyl (C=O) groups is 2. The molecular formula is C20H18N2O5. The molecule has 1 aliphatic heterocycles. The number of hydrogen-bond donors (Lipinski definition) is 1. The van der Waals surface area contributed by atoms with Gasteiger partial charge in [-0.3, -0.25) is 4.79 Å². The van der Waals surface area contributed by atoms with E-state index in [1.165, 1.54) is 17.1 Å². The second-order valence-corrected chi connectivity index (χ2v) is 5.83. The van der Waals surface area contributed by atoms with E-state index >= 15 is 0 Å². The van der Waals surface area contributed by atoms with E-state index in [1.807, 2.05) is 6.07 Å². The number of rotatable bonds is 5. The topological polar surface area (TPSA) is 88.4 Å². The number of carboxylic acids is 1. The Kier molecular flexibility index (Phi) is 4.94. The summed E-state index contributed by atoms with van der Waals surface area (Å²) in [5.74, 6) is -0.247. The van der Waals surface area contributed by atoms with Gasteiger partial charge in [0, 0.05) is 0 Å². The van der Waals surface area contributed by atoms with Gasteiger partial charge >= 0.3 is 5.97 Å². The quantitative estimate of drug-likeness (QED) is 0.821. The first kappa shape index (κ1) is 18.2. The van der Waals surface area contributed by atoms with E-state index in [2.05, 4.69) is 5.10 Å². The maximum Gasteiger partial charge on any atom is 0.335 e. The van der Waals surface area contributed by atoms with Crippen molar-refractivity contribution in [3.63, 3.8) is 0 Å². The molecule has 7 nitrogen and oxygen atoms in total. The van der Waals surface area contributed by atoms with Gasteiger partial charge < -0.3 is 14.6 Å². The molecule has 0 spiro atoms. The fraction of sp³-hybridized carbons (Fsp3) is 0.150. The number of carboxylic acid groups (broad SMARTS) is 1. The van der Waals surface area contributed by atoms with Gasteiger partial charge in [-0.25, -0.2) is 4.79 Å². The standard InChI is InChI=1S/C20H18N2O5/c1-12-16(9-13-7-8-17(26-2)18(10-13)27-3)19(23)22(21-12)15-6-4-5-14(11-15)20(24)25/h4-11H,1-3H3,(H,24,25)/b16-9+. The molecule has 138 valence electrons. The first-order valence-electron chi connectivity index (χ1n) is 8.11. The minimum absolute atomic E-state index is 0.0884. The normalized spacial score (nSPS) is 15.1. The molecule has 2 aromatic rings. The summed E-state index contributed by atoms with van der Waals surface area (Å²) in [7, 11) is 3.09. The summed E-state index contributed by atoms with van der Waals surface area (Å²) in [5.41, 5.74) is 2.20. The van der Waals surface area contributed by atoms with Crippen LogP contribution in [0.3, 0.4) is 0 Å². The molecule has 3 rings (SSSR count). The average Bonchev–Trinajstić information content (AvgIpc) is 2.96. The second kappa shape index (κ2) is 7.33. The van der Waals surface area contributed by atoms with Crippen molar-refractivity contribution in [1.29, 1.82) is 0 Å². The highest BCUT2D eigenvalue weighted by molar-refractivity contribution is 6.32. The molecule has 0 fully saturated rings. The lowest BCUT2D eigenvalue weighted by Gasteiger charge is -2.12. The predicted octanol–water partition coefficient (Wildman–Crippen LogP) is 3.21. The molecular weight excluding hydrogens is 348 g/mol. The summed E-state index contributed by atoms with van der Waals surface area (Å²) in [6, 6.07) is 11.4. The molecule has 0 saturated heterocycles. The lowest BCUT2D eigenvalue weighted by molar-refractivity contribution is -0.114.